The van der Waals surface area contributed by atoms with E-state index in [9.17, 15) is 18.8 Å². The van der Waals surface area contributed by atoms with E-state index < -0.39 is 17.6 Å². The number of hydrogen-bond acceptors (Lipinski definition) is 3. The van der Waals surface area contributed by atoms with Crippen LogP contribution in [0.15, 0.2) is 24.3 Å². The first kappa shape index (κ1) is 15.9. The normalized spacial score (nSPS) is 15.4. The van der Waals surface area contributed by atoms with Gasteiger partial charge in [0.25, 0.3) is 0 Å². The number of nitrogens with one attached hydrogen (secondary N) is 1. The Morgan fingerprint density at radius 3 is 2.45 bits per heavy atom. The topological polar surface area (TPSA) is 92.5 Å². The highest BCUT2D eigenvalue weighted by Crippen LogP contribution is 2.16. The van der Waals surface area contributed by atoms with Crippen molar-refractivity contribution >= 4 is 17.7 Å². The van der Waals surface area contributed by atoms with Crippen LogP contribution in [0.25, 0.3) is 0 Å². The van der Waals surface area contributed by atoms with Gasteiger partial charge in [-0.3, -0.25) is 14.4 Å². The smallest absolute Gasteiger partial charge is 0.311 e. The largest absolute Gasteiger partial charge is 0.369 e. The fourth-order valence-electron chi connectivity index (χ4n) is 2.40. The molecule has 0 bridgehead atoms. The van der Waals surface area contributed by atoms with E-state index in [0.717, 1.165) is 0 Å². The Bertz CT molecular complexity index is 583. The molecule has 0 atom stereocenters. The first-order valence-corrected chi connectivity index (χ1v) is 7.09. The lowest BCUT2D eigenvalue weighted by Crippen LogP contribution is -2.47. The maximum Gasteiger partial charge on any atom is 0.311 e. The van der Waals surface area contributed by atoms with Crippen LogP contribution in [0.1, 0.15) is 18.4 Å². The number of halogens is 1. The zero-order valence-corrected chi connectivity index (χ0v) is 12.0. The number of piperidine rings is 1. The van der Waals surface area contributed by atoms with Crippen molar-refractivity contribution in [2.24, 2.45) is 11.7 Å². The lowest BCUT2D eigenvalue weighted by molar-refractivity contribution is -0.147. The molecule has 0 spiro atoms. The molecule has 1 heterocycles. The van der Waals surface area contributed by atoms with Gasteiger partial charge >= 0.3 is 11.8 Å². The predicted octanol–water partition coefficient (Wildman–Crippen LogP) is 0.166. The highest BCUT2D eigenvalue weighted by Gasteiger charge is 2.28. The molecule has 1 aliphatic rings. The molecular weight excluding hydrogens is 289 g/mol. The van der Waals surface area contributed by atoms with Gasteiger partial charge in [-0.25, -0.2) is 4.39 Å². The zero-order valence-electron chi connectivity index (χ0n) is 12.0. The highest BCUT2D eigenvalue weighted by atomic mass is 19.1. The molecule has 6 nitrogen and oxygen atoms in total. The van der Waals surface area contributed by atoms with Crippen LogP contribution in [0, 0.1) is 11.7 Å². The van der Waals surface area contributed by atoms with Crippen LogP contribution in [0.3, 0.4) is 0 Å². The third kappa shape index (κ3) is 3.81. The van der Waals surface area contributed by atoms with Crippen molar-refractivity contribution in [3.05, 3.63) is 35.6 Å². The molecule has 2 rings (SSSR count). The Morgan fingerprint density at radius 1 is 1.23 bits per heavy atom. The predicted molar refractivity (Wildman–Crippen MR) is 76.7 cm³/mol. The van der Waals surface area contributed by atoms with E-state index in [1.54, 1.807) is 18.2 Å². The van der Waals surface area contributed by atoms with Crippen LogP contribution in [-0.2, 0) is 20.9 Å². The third-order valence-electron chi connectivity index (χ3n) is 3.78. The quantitative estimate of drug-likeness (QED) is 0.779. The first-order chi connectivity index (χ1) is 10.5. The Morgan fingerprint density at radius 2 is 1.86 bits per heavy atom. The molecule has 0 aromatic heterocycles. The first-order valence-electron chi connectivity index (χ1n) is 7.09. The second-order valence-electron chi connectivity index (χ2n) is 5.24. The molecule has 0 unspecified atom stereocenters. The van der Waals surface area contributed by atoms with Gasteiger partial charge in [0.15, 0.2) is 0 Å². The summed E-state index contributed by atoms with van der Waals surface area (Å²) in [5, 5.41) is 2.41. The number of amides is 3. The van der Waals surface area contributed by atoms with Crippen LogP contribution in [-0.4, -0.2) is 35.7 Å². The molecule has 0 aliphatic carbocycles. The van der Waals surface area contributed by atoms with Crippen molar-refractivity contribution < 1.29 is 18.8 Å². The van der Waals surface area contributed by atoms with Crippen LogP contribution in [0.5, 0.6) is 0 Å². The number of nitrogens with zero attached hydrogens (tertiary/aromatic N) is 1. The summed E-state index contributed by atoms with van der Waals surface area (Å²) in [5.74, 6) is -2.50. The number of carbonyl (C=O) groups is 3. The summed E-state index contributed by atoms with van der Waals surface area (Å²) >= 11 is 0. The summed E-state index contributed by atoms with van der Waals surface area (Å²) < 4.78 is 13.4. The van der Waals surface area contributed by atoms with E-state index in [-0.39, 0.29) is 18.4 Å². The van der Waals surface area contributed by atoms with Crippen LogP contribution in [0.2, 0.25) is 0 Å². The minimum Gasteiger partial charge on any atom is -0.369 e. The summed E-state index contributed by atoms with van der Waals surface area (Å²) in [6.07, 6.45) is 0.920. The molecule has 118 valence electrons. The molecular formula is C15H18FN3O3. The molecule has 1 aliphatic heterocycles. The van der Waals surface area contributed by atoms with Crippen molar-refractivity contribution in [3.8, 4) is 0 Å². The van der Waals surface area contributed by atoms with Gasteiger partial charge in [0.1, 0.15) is 5.82 Å². The fraction of sp³-hybridized carbons (Fsp3) is 0.400. The van der Waals surface area contributed by atoms with Gasteiger partial charge in [0.2, 0.25) is 5.91 Å². The standard InChI is InChI=1S/C15H18FN3O3/c16-12-4-2-1-3-11(12)9-18-14(21)15(22)19-7-5-10(6-8-19)13(17)20/h1-4,10H,5-9H2,(H2,17,20)(H,18,21). The number of likely N-dealkylation sites (tertiary alicyclic amines) is 1. The lowest BCUT2D eigenvalue weighted by Gasteiger charge is -2.29. The molecule has 3 N–H and O–H groups in total. The lowest BCUT2D eigenvalue weighted by atomic mass is 9.96. The number of primary amides is 1. The molecule has 22 heavy (non-hydrogen) atoms. The van der Waals surface area contributed by atoms with Gasteiger partial charge in [-0.2, -0.15) is 0 Å². The zero-order chi connectivity index (χ0) is 16.1. The monoisotopic (exact) mass is 307 g/mol. The van der Waals surface area contributed by atoms with E-state index in [1.807, 2.05) is 0 Å². The second-order valence-corrected chi connectivity index (χ2v) is 5.24. The van der Waals surface area contributed by atoms with Crippen molar-refractivity contribution in [2.75, 3.05) is 13.1 Å². The van der Waals surface area contributed by atoms with Crippen molar-refractivity contribution in [1.29, 1.82) is 0 Å². The fourth-order valence-corrected chi connectivity index (χ4v) is 2.40. The summed E-state index contributed by atoms with van der Waals surface area (Å²) in [6, 6.07) is 6.03. The van der Waals surface area contributed by atoms with Crippen molar-refractivity contribution in [1.82, 2.24) is 10.2 Å². The summed E-state index contributed by atoms with van der Waals surface area (Å²) in [5.41, 5.74) is 5.53. The molecule has 1 aromatic carbocycles. The Balaban J connectivity index is 1.84. The van der Waals surface area contributed by atoms with Crippen LogP contribution < -0.4 is 11.1 Å². The van der Waals surface area contributed by atoms with Crippen molar-refractivity contribution in [3.63, 3.8) is 0 Å². The van der Waals surface area contributed by atoms with Gasteiger partial charge in [-0.05, 0) is 18.9 Å². The molecule has 1 fully saturated rings. The number of rotatable bonds is 3. The average Bonchev–Trinajstić information content (AvgIpc) is 2.53. The summed E-state index contributed by atoms with van der Waals surface area (Å²) in [7, 11) is 0. The van der Waals surface area contributed by atoms with E-state index in [2.05, 4.69) is 5.32 Å². The number of carbonyl (C=O) groups excluding carboxylic acids is 3. The molecule has 1 saturated heterocycles. The number of benzene rings is 1. The number of hydrogen-bond donors (Lipinski definition) is 2. The Hall–Kier alpha value is -2.44. The molecule has 1 aromatic rings. The van der Waals surface area contributed by atoms with Crippen LogP contribution in [0.4, 0.5) is 4.39 Å². The SMILES string of the molecule is NC(=O)C1CCN(C(=O)C(=O)NCc2ccccc2F)CC1. The molecule has 7 heteroatoms. The average molecular weight is 307 g/mol. The van der Waals surface area contributed by atoms with Gasteiger partial charge in [0, 0.05) is 31.1 Å². The highest BCUT2D eigenvalue weighted by molar-refractivity contribution is 6.35. The second kappa shape index (κ2) is 7.02. The summed E-state index contributed by atoms with van der Waals surface area (Å²) in [4.78, 5) is 36.3. The number of nitrogens with two attached hydrogens (primary N) is 1. The Labute approximate surface area is 127 Å². The molecule has 3 amide bonds. The summed E-state index contributed by atoms with van der Waals surface area (Å²) in [6.45, 7) is 0.591. The van der Waals surface area contributed by atoms with E-state index >= 15 is 0 Å². The van der Waals surface area contributed by atoms with E-state index in [1.165, 1.54) is 11.0 Å². The van der Waals surface area contributed by atoms with Crippen molar-refractivity contribution in [2.45, 2.75) is 19.4 Å². The van der Waals surface area contributed by atoms with Gasteiger partial charge < -0.3 is 16.0 Å². The van der Waals surface area contributed by atoms with Crippen LogP contribution >= 0.6 is 0 Å². The Kier molecular flexibility index (Phi) is 5.08. The molecule has 0 saturated carbocycles. The minimum atomic E-state index is -0.777. The molecule has 0 radical (unpaired) electrons. The minimum absolute atomic E-state index is 0.0466. The van der Waals surface area contributed by atoms with E-state index in [0.29, 0.717) is 31.5 Å². The van der Waals surface area contributed by atoms with Gasteiger partial charge in [-0.1, -0.05) is 18.2 Å². The maximum absolute atomic E-state index is 13.4. The van der Waals surface area contributed by atoms with Gasteiger partial charge in [-0.15, -0.1) is 0 Å². The third-order valence-corrected chi connectivity index (χ3v) is 3.78. The van der Waals surface area contributed by atoms with E-state index in [4.69, 9.17) is 5.73 Å². The van der Waals surface area contributed by atoms with Gasteiger partial charge in [0.05, 0.1) is 0 Å². The maximum atomic E-state index is 13.4.